The van der Waals surface area contributed by atoms with E-state index in [2.05, 4.69) is 16.1 Å². The second kappa shape index (κ2) is 14.2. The second-order valence-corrected chi connectivity index (χ2v) is 13.3. The number of aromatic nitrogens is 1. The van der Waals surface area contributed by atoms with E-state index < -0.39 is 47.4 Å². The highest BCUT2D eigenvalue weighted by Gasteiger charge is 2.44. The van der Waals surface area contributed by atoms with Gasteiger partial charge in [-0.2, -0.15) is 0 Å². The van der Waals surface area contributed by atoms with Crippen LogP contribution in [0.1, 0.15) is 90.4 Å². The van der Waals surface area contributed by atoms with E-state index in [1.54, 1.807) is 20.8 Å². The number of hydrogen-bond acceptors (Lipinski definition) is 9. The van der Waals surface area contributed by atoms with Crippen LogP contribution in [0.25, 0.3) is 17.0 Å². The highest BCUT2D eigenvalue weighted by molar-refractivity contribution is 5.92. The Kier molecular flexibility index (Phi) is 10.3. The lowest BCUT2D eigenvalue weighted by Crippen LogP contribution is -2.61. The standard InChI is InChI=1S/C35H45N5O7/c1-20(2)30-32(43)37-22(4)33(44)40-18-6-7-28(39-40)31(42)36-21(3)27-11-10-25-9-8-24(19-29(25)38-27)12-15-35(34(45)47-30)16-13-26(14-17-35)46-23(5)41/h8-12,15,19-22,26,28,30,39H,6-7,13-14,16-18H2,1-5H3,(H,36,42)(H,37,43)/b15-12+/t21-,22+,26?,28+,30?,35?/m1/s1. The molecule has 3 amide bonds. The average Bonchev–Trinajstić information content (AvgIpc) is 3.05. The normalized spacial score (nSPS) is 30.1. The Labute approximate surface area is 275 Å². The van der Waals surface area contributed by atoms with Crippen molar-refractivity contribution in [1.29, 1.82) is 0 Å². The van der Waals surface area contributed by atoms with Gasteiger partial charge in [0.1, 0.15) is 18.2 Å². The van der Waals surface area contributed by atoms with Crippen LogP contribution >= 0.6 is 0 Å². The molecule has 2 aromatic rings. The third-order valence-corrected chi connectivity index (χ3v) is 9.29. The maximum Gasteiger partial charge on any atom is 0.316 e. The number of hydrazine groups is 1. The number of hydrogen-bond donors (Lipinski definition) is 3. The summed E-state index contributed by atoms with van der Waals surface area (Å²) in [6.45, 7) is 8.72. The van der Waals surface area contributed by atoms with Crippen LogP contribution in [0.4, 0.5) is 0 Å². The predicted molar refractivity (Wildman–Crippen MR) is 174 cm³/mol. The molecule has 1 saturated carbocycles. The summed E-state index contributed by atoms with van der Waals surface area (Å²) in [5, 5.41) is 8.05. The molecule has 2 aliphatic heterocycles. The summed E-state index contributed by atoms with van der Waals surface area (Å²) in [4.78, 5) is 70.7. The Morgan fingerprint density at radius 1 is 1.00 bits per heavy atom. The van der Waals surface area contributed by atoms with Gasteiger partial charge in [-0.15, -0.1) is 0 Å². The van der Waals surface area contributed by atoms with E-state index in [9.17, 15) is 24.0 Å². The maximum absolute atomic E-state index is 14.1. The molecule has 3 aliphatic rings. The molecule has 5 rings (SSSR count). The molecule has 4 atom stereocenters. The Balaban J connectivity index is 1.52. The number of cyclic esters (lactones) is 1. The van der Waals surface area contributed by atoms with Gasteiger partial charge in [0, 0.05) is 18.9 Å². The third kappa shape index (κ3) is 7.81. The number of fused-ring (bicyclic) bond motifs is 4. The number of rotatable bonds is 2. The minimum Gasteiger partial charge on any atom is -0.463 e. The van der Waals surface area contributed by atoms with Crippen LogP contribution in [0.5, 0.6) is 0 Å². The Bertz CT molecular complexity index is 1560. The average molecular weight is 648 g/mol. The molecule has 1 unspecified atom stereocenters. The van der Waals surface area contributed by atoms with Crippen molar-refractivity contribution >= 4 is 46.6 Å². The van der Waals surface area contributed by atoms with Crippen molar-refractivity contribution in [1.82, 2.24) is 26.1 Å². The molecule has 3 N–H and O–H groups in total. The predicted octanol–water partition coefficient (Wildman–Crippen LogP) is 3.50. The number of amides is 3. The van der Waals surface area contributed by atoms with Crippen LogP contribution in [0.3, 0.4) is 0 Å². The monoisotopic (exact) mass is 647 g/mol. The molecule has 1 aliphatic carbocycles. The number of pyridine rings is 1. The number of esters is 2. The van der Waals surface area contributed by atoms with E-state index in [1.165, 1.54) is 11.9 Å². The van der Waals surface area contributed by atoms with Crippen LogP contribution in [0.15, 0.2) is 36.4 Å². The summed E-state index contributed by atoms with van der Waals surface area (Å²) < 4.78 is 11.4. The van der Waals surface area contributed by atoms with Gasteiger partial charge < -0.3 is 20.1 Å². The van der Waals surface area contributed by atoms with Crippen molar-refractivity contribution in [2.75, 3.05) is 6.54 Å². The van der Waals surface area contributed by atoms with Crippen LogP contribution in [-0.4, -0.2) is 70.5 Å². The minimum absolute atomic E-state index is 0.253. The first-order valence-corrected chi connectivity index (χ1v) is 16.5. The first kappa shape index (κ1) is 34.0. The molecule has 252 valence electrons. The topological polar surface area (TPSA) is 156 Å². The molecule has 0 radical (unpaired) electrons. The van der Waals surface area contributed by atoms with Gasteiger partial charge >= 0.3 is 11.9 Å². The lowest BCUT2D eigenvalue weighted by Gasteiger charge is -2.37. The van der Waals surface area contributed by atoms with E-state index in [0.29, 0.717) is 50.8 Å². The Morgan fingerprint density at radius 3 is 2.40 bits per heavy atom. The van der Waals surface area contributed by atoms with Gasteiger partial charge in [-0.25, -0.2) is 5.43 Å². The first-order valence-electron chi connectivity index (χ1n) is 16.5. The van der Waals surface area contributed by atoms with Gasteiger partial charge in [0.25, 0.3) is 11.8 Å². The summed E-state index contributed by atoms with van der Waals surface area (Å²) in [6, 6.07) is 7.66. The smallest absolute Gasteiger partial charge is 0.316 e. The summed E-state index contributed by atoms with van der Waals surface area (Å²) in [5.41, 5.74) is 4.19. The molecule has 12 heteroatoms. The van der Waals surface area contributed by atoms with Crippen LogP contribution in [0, 0.1) is 11.3 Å². The third-order valence-electron chi connectivity index (χ3n) is 9.29. The maximum atomic E-state index is 14.1. The largest absolute Gasteiger partial charge is 0.463 e. The van der Waals surface area contributed by atoms with Crippen molar-refractivity contribution in [3.63, 3.8) is 0 Å². The van der Waals surface area contributed by atoms with E-state index in [-0.39, 0.29) is 23.9 Å². The fraction of sp³-hybridized carbons (Fsp3) is 0.543. The van der Waals surface area contributed by atoms with Crippen molar-refractivity contribution < 1.29 is 33.4 Å². The summed E-state index contributed by atoms with van der Waals surface area (Å²) >= 11 is 0. The second-order valence-electron chi connectivity index (χ2n) is 13.3. The molecule has 2 fully saturated rings. The number of carbonyl (C=O) groups excluding carboxylic acids is 5. The molecule has 5 bridgehead atoms. The number of nitrogens with one attached hydrogen (secondary N) is 3. The zero-order valence-corrected chi connectivity index (χ0v) is 27.7. The van der Waals surface area contributed by atoms with Gasteiger partial charge in [0.05, 0.1) is 22.7 Å². The van der Waals surface area contributed by atoms with Gasteiger partial charge in [-0.05, 0) is 76.0 Å². The molecule has 1 aromatic carbocycles. The van der Waals surface area contributed by atoms with Crippen molar-refractivity contribution in [3.05, 3.63) is 47.7 Å². The van der Waals surface area contributed by atoms with Crippen molar-refractivity contribution in [3.8, 4) is 0 Å². The van der Waals surface area contributed by atoms with Gasteiger partial charge in [0.2, 0.25) is 5.91 Å². The molecule has 1 saturated heterocycles. The molecule has 47 heavy (non-hydrogen) atoms. The molecule has 1 spiro atoms. The molecular formula is C35H45N5O7. The highest BCUT2D eigenvalue weighted by Crippen LogP contribution is 2.41. The van der Waals surface area contributed by atoms with Crippen molar-refractivity contribution in [2.24, 2.45) is 11.3 Å². The fourth-order valence-corrected chi connectivity index (χ4v) is 6.49. The van der Waals surface area contributed by atoms with E-state index in [1.807, 2.05) is 49.4 Å². The first-order chi connectivity index (χ1) is 22.3. The molecule has 3 heterocycles. The summed E-state index contributed by atoms with van der Waals surface area (Å²) in [5.74, 6) is -2.54. The van der Waals surface area contributed by atoms with Crippen LogP contribution in [0.2, 0.25) is 0 Å². The van der Waals surface area contributed by atoms with Crippen molar-refractivity contribution in [2.45, 2.75) is 103 Å². The summed E-state index contributed by atoms with van der Waals surface area (Å²) in [6.07, 6.45) is 5.00. The number of nitrogens with zero attached hydrogens (tertiary/aromatic N) is 2. The summed E-state index contributed by atoms with van der Waals surface area (Å²) in [7, 11) is 0. The molecular weight excluding hydrogens is 602 g/mol. The zero-order chi connectivity index (χ0) is 33.9. The Hall–Kier alpha value is -4.32. The van der Waals surface area contributed by atoms with E-state index >= 15 is 0 Å². The zero-order valence-electron chi connectivity index (χ0n) is 27.7. The van der Waals surface area contributed by atoms with Gasteiger partial charge in [-0.1, -0.05) is 44.2 Å². The number of carbonyl (C=O) groups is 5. The van der Waals surface area contributed by atoms with E-state index in [4.69, 9.17) is 14.5 Å². The number of ether oxygens (including phenoxy) is 2. The lowest BCUT2D eigenvalue weighted by molar-refractivity contribution is -0.169. The fourth-order valence-electron chi connectivity index (χ4n) is 6.49. The quantitative estimate of drug-likeness (QED) is 0.415. The number of benzene rings is 1. The molecule has 12 nitrogen and oxygen atoms in total. The molecule has 1 aromatic heterocycles. The van der Waals surface area contributed by atoms with Crippen LogP contribution < -0.4 is 16.1 Å². The van der Waals surface area contributed by atoms with Gasteiger partial charge in [0.15, 0.2) is 6.10 Å². The Morgan fingerprint density at radius 2 is 1.70 bits per heavy atom. The van der Waals surface area contributed by atoms with E-state index in [0.717, 1.165) is 16.5 Å². The minimum atomic E-state index is -1.15. The lowest BCUT2D eigenvalue weighted by atomic mass is 9.72. The van der Waals surface area contributed by atoms with Gasteiger partial charge in [-0.3, -0.25) is 34.0 Å². The van der Waals surface area contributed by atoms with Crippen LogP contribution in [-0.2, 0) is 33.4 Å². The highest BCUT2D eigenvalue weighted by atomic mass is 16.6. The SMILES string of the molecule is CC(=O)OC1CCC2(/C=C/c3ccc4ccc(nc4c3)[C@@H](C)NC(=O)[C@@H]3CCCN(N3)C(=O)[C@H](C)NC(=O)C(C(C)C)OC2=O)CC1.